The maximum absolute atomic E-state index is 10.6. The highest BCUT2D eigenvalue weighted by molar-refractivity contribution is 8.13. The second kappa shape index (κ2) is 4.68. The Balaban J connectivity index is 3.27. The molecule has 0 aromatic carbocycles. The van der Waals surface area contributed by atoms with Gasteiger partial charge >= 0.3 is 5.30 Å². The highest BCUT2D eigenvalue weighted by Crippen LogP contribution is 2.11. The van der Waals surface area contributed by atoms with E-state index < -0.39 is 0 Å². The Morgan fingerprint density at radius 1 is 1.67 bits per heavy atom. The molecule has 0 rings (SSSR count). The average molecular weight is 148 g/mol. The van der Waals surface area contributed by atoms with E-state index in [9.17, 15) is 4.79 Å². The molecule has 0 aromatic heterocycles. The first-order valence-electron chi connectivity index (χ1n) is 3.00. The summed E-state index contributed by atoms with van der Waals surface area (Å²) in [4.78, 5) is 10.6. The molecule has 0 amide bonds. The molecule has 2 nitrogen and oxygen atoms in total. The third-order valence-electron chi connectivity index (χ3n) is 0.594. The molecule has 0 aliphatic rings. The number of ether oxygens (including phenoxy) is 1. The van der Waals surface area contributed by atoms with Crippen LogP contribution >= 0.6 is 11.8 Å². The van der Waals surface area contributed by atoms with E-state index in [2.05, 4.69) is 4.74 Å². The summed E-state index contributed by atoms with van der Waals surface area (Å²) < 4.78 is 4.68. The van der Waals surface area contributed by atoms with Gasteiger partial charge < -0.3 is 4.74 Å². The van der Waals surface area contributed by atoms with Crippen molar-refractivity contribution in [2.24, 2.45) is 0 Å². The van der Waals surface area contributed by atoms with Crippen LogP contribution in [0.25, 0.3) is 0 Å². The van der Waals surface area contributed by atoms with Crippen molar-refractivity contribution < 1.29 is 9.53 Å². The molecule has 3 heteroatoms. The van der Waals surface area contributed by atoms with Gasteiger partial charge in [-0.15, -0.1) is 0 Å². The van der Waals surface area contributed by atoms with Gasteiger partial charge in [0.2, 0.25) is 0 Å². The zero-order chi connectivity index (χ0) is 7.28. The number of hydrogen-bond acceptors (Lipinski definition) is 3. The van der Waals surface area contributed by atoms with Gasteiger partial charge in [0.1, 0.15) is 0 Å². The van der Waals surface area contributed by atoms with Crippen LogP contribution < -0.4 is 0 Å². The summed E-state index contributed by atoms with van der Waals surface area (Å²) in [5.74, 6) is 0. The molecule has 0 unspecified atom stereocenters. The van der Waals surface area contributed by atoms with Gasteiger partial charge in [0, 0.05) is 5.25 Å². The van der Waals surface area contributed by atoms with Crippen LogP contribution in [-0.2, 0) is 4.74 Å². The lowest BCUT2D eigenvalue weighted by molar-refractivity contribution is 0.181. The number of carbonyl (C=O) groups is 1. The van der Waals surface area contributed by atoms with Crippen molar-refractivity contribution in [2.45, 2.75) is 26.0 Å². The Morgan fingerprint density at radius 2 is 2.22 bits per heavy atom. The van der Waals surface area contributed by atoms with E-state index in [-0.39, 0.29) is 5.30 Å². The predicted octanol–water partition coefficient (Wildman–Crippen LogP) is 2.28. The second-order valence-corrected chi connectivity index (χ2v) is 3.36. The van der Waals surface area contributed by atoms with Gasteiger partial charge in [0.05, 0.1) is 6.61 Å². The van der Waals surface area contributed by atoms with Crippen LogP contribution in [0.2, 0.25) is 0 Å². The fourth-order valence-corrected chi connectivity index (χ4v) is 0.915. The topological polar surface area (TPSA) is 26.3 Å². The van der Waals surface area contributed by atoms with Crippen LogP contribution in [0.1, 0.15) is 20.8 Å². The van der Waals surface area contributed by atoms with Crippen molar-refractivity contribution in [3.05, 3.63) is 0 Å². The maximum atomic E-state index is 10.6. The molecular weight excluding hydrogens is 136 g/mol. The van der Waals surface area contributed by atoms with Gasteiger partial charge in [-0.1, -0.05) is 13.8 Å². The van der Waals surface area contributed by atoms with Crippen molar-refractivity contribution in [2.75, 3.05) is 6.61 Å². The third-order valence-corrected chi connectivity index (χ3v) is 1.38. The summed E-state index contributed by atoms with van der Waals surface area (Å²) in [6.45, 7) is 6.19. The number of hydrogen-bond donors (Lipinski definition) is 0. The minimum Gasteiger partial charge on any atom is -0.458 e. The van der Waals surface area contributed by atoms with Gasteiger partial charge in [-0.25, -0.2) is 4.79 Å². The van der Waals surface area contributed by atoms with E-state index >= 15 is 0 Å². The summed E-state index contributed by atoms with van der Waals surface area (Å²) in [5.41, 5.74) is 0. The smallest absolute Gasteiger partial charge is 0.367 e. The molecule has 0 saturated heterocycles. The van der Waals surface area contributed by atoms with E-state index in [1.165, 1.54) is 11.8 Å². The Bertz CT molecular complexity index is 91.1. The van der Waals surface area contributed by atoms with E-state index in [1.54, 1.807) is 6.92 Å². The molecule has 54 valence electrons. The molecule has 0 radical (unpaired) electrons. The lowest BCUT2D eigenvalue weighted by Crippen LogP contribution is -2.00. The van der Waals surface area contributed by atoms with E-state index in [0.717, 1.165) is 0 Å². The van der Waals surface area contributed by atoms with Crippen LogP contribution in [0.4, 0.5) is 4.79 Å². The van der Waals surface area contributed by atoms with Crippen LogP contribution in [0, 0.1) is 0 Å². The number of carbonyl (C=O) groups excluding carboxylic acids is 1. The lowest BCUT2D eigenvalue weighted by atomic mass is 10.6. The minimum atomic E-state index is -0.174. The van der Waals surface area contributed by atoms with Crippen LogP contribution in [0.3, 0.4) is 0 Å². The Hall–Kier alpha value is -0.180. The zero-order valence-corrected chi connectivity index (χ0v) is 6.83. The first-order valence-corrected chi connectivity index (χ1v) is 3.88. The first-order chi connectivity index (χ1) is 4.16. The van der Waals surface area contributed by atoms with Gasteiger partial charge in [0.25, 0.3) is 0 Å². The summed E-state index contributed by atoms with van der Waals surface area (Å²) >= 11 is 1.22. The van der Waals surface area contributed by atoms with Crippen molar-refractivity contribution in [1.82, 2.24) is 0 Å². The van der Waals surface area contributed by atoms with E-state index in [4.69, 9.17) is 0 Å². The molecule has 0 N–H and O–H groups in total. The van der Waals surface area contributed by atoms with Crippen molar-refractivity contribution >= 4 is 17.1 Å². The predicted molar refractivity (Wildman–Crippen MR) is 39.7 cm³/mol. The van der Waals surface area contributed by atoms with Crippen LogP contribution in [0.15, 0.2) is 0 Å². The molecule has 0 bridgehead atoms. The fourth-order valence-electron chi connectivity index (χ4n) is 0.344. The molecule has 0 aliphatic heterocycles. The molecule has 0 saturated carbocycles. The van der Waals surface area contributed by atoms with E-state index in [0.29, 0.717) is 11.9 Å². The van der Waals surface area contributed by atoms with Gasteiger partial charge in [-0.05, 0) is 18.7 Å². The second-order valence-electron chi connectivity index (χ2n) is 1.85. The highest BCUT2D eigenvalue weighted by atomic mass is 32.2. The van der Waals surface area contributed by atoms with Crippen LogP contribution in [-0.4, -0.2) is 17.2 Å². The minimum absolute atomic E-state index is 0.174. The fraction of sp³-hybridized carbons (Fsp3) is 0.833. The molecular formula is C6H12O2S. The zero-order valence-electron chi connectivity index (χ0n) is 6.01. The largest absolute Gasteiger partial charge is 0.458 e. The average Bonchev–Trinajstić information content (AvgIpc) is 1.63. The summed E-state index contributed by atoms with van der Waals surface area (Å²) in [6, 6.07) is 0. The number of rotatable bonds is 2. The van der Waals surface area contributed by atoms with Crippen molar-refractivity contribution in [3.8, 4) is 0 Å². The molecule has 0 atom stereocenters. The highest BCUT2D eigenvalue weighted by Gasteiger charge is 2.03. The van der Waals surface area contributed by atoms with E-state index in [1.807, 2.05) is 13.8 Å². The molecule has 0 fully saturated rings. The van der Waals surface area contributed by atoms with Crippen LogP contribution in [0.5, 0.6) is 0 Å². The summed E-state index contributed by atoms with van der Waals surface area (Å²) in [6.07, 6.45) is 0. The Labute approximate surface area is 60.0 Å². The van der Waals surface area contributed by atoms with Gasteiger partial charge in [-0.2, -0.15) is 0 Å². The Morgan fingerprint density at radius 3 is 2.56 bits per heavy atom. The van der Waals surface area contributed by atoms with Crippen molar-refractivity contribution in [1.29, 1.82) is 0 Å². The van der Waals surface area contributed by atoms with Gasteiger partial charge in [0.15, 0.2) is 0 Å². The quantitative estimate of drug-likeness (QED) is 0.562. The molecule has 0 heterocycles. The van der Waals surface area contributed by atoms with Gasteiger partial charge in [-0.3, -0.25) is 0 Å². The lowest BCUT2D eigenvalue weighted by Gasteiger charge is -2.01. The standard InChI is InChI=1S/C6H12O2S/c1-4-8-6(7)9-5(2)3/h5H,4H2,1-3H3. The van der Waals surface area contributed by atoms with Crippen molar-refractivity contribution in [3.63, 3.8) is 0 Å². The summed E-state index contributed by atoms with van der Waals surface area (Å²) in [7, 11) is 0. The third kappa shape index (κ3) is 5.69. The Kier molecular flexibility index (Phi) is 4.58. The summed E-state index contributed by atoms with van der Waals surface area (Å²) in [5, 5.41) is 0.150. The molecule has 0 aromatic rings. The molecule has 0 spiro atoms. The SMILES string of the molecule is CCOC(=O)SC(C)C. The maximum Gasteiger partial charge on any atom is 0.367 e. The monoisotopic (exact) mass is 148 g/mol. The molecule has 0 aliphatic carbocycles. The number of thioether (sulfide) groups is 1. The first kappa shape index (κ1) is 8.82. The normalized spacial score (nSPS) is 9.78. The molecule has 9 heavy (non-hydrogen) atoms.